The van der Waals surface area contributed by atoms with Crippen molar-refractivity contribution in [2.75, 3.05) is 13.1 Å². The Kier molecular flexibility index (Phi) is 4.82. The van der Waals surface area contributed by atoms with E-state index in [1.807, 2.05) is 0 Å². The Labute approximate surface area is 119 Å². The van der Waals surface area contributed by atoms with Gasteiger partial charge in [0, 0.05) is 23.6 Å². The molecule has 2 unspecified atom stereocenters. The molecule has 0 aliphatic carbocycles. The maximum atomic E-state index is 5.91. The fraction of sp³-hybridized carbons (Fsp3) is 0.600. The van der Waals surface area contributed by atoms with Crippen molar-refractivity contribution in [1.82, 2.24) is 4.90 Å². The molecule has 1 heterocycles. The molecule has 2 rings (SSSR count). The Morgan fingerprint density at radius 2 is 2.22 bits per heavy atom. The second-order valence-electron chi connectivity index (χ2n) is 5.57. The molecule has 1 aromatic carbocycles. The van der Waals surface area contributed by atoms with E-state index in [1.165, 1.54) is 35.0 Å². The third-order valence-corrected chi connectivity index (χ3v) is 4.87. The van der Waals surface area contributed by atoms with Crippen molar-refractivity contribution in [3.8, 4) is 0 Å². The summed E-state index contributed by atoms with van der Waals surface area (Å²) in [6.07, 6.45) is 2.54. The van der Waals surface area contributed by atoms with Crippen molar-refractivity contribution >= 4 is 15.9 Å². The first-order chi connectivity index (χ1) is 8.60. The molecule has 2 nitrogen and oxygen atoms in total. The lowest BCUT2D eigenvalue weighted by molar-refractivity contribution is 0.115. The highest BCUT2D eigenvalue weighted by Crippen LogP contribution is 2.25. The van der Waals surface area contributed by atoms with Crippen molar-refractivity contribution < 1.29 is 0 Å². The van der Waals surface area contributed by atoms with Gasteiger partial charge in [0.05, 0.1) is 0 Å². The predicted molar refractivity (Wildman–Crippen MR) is 80.5 cm³/mol. The second kappa shape index (κ2) is 6.18. The molecule has 0 spiro atoms. The number of hydrogen-bond acceptors (Lipinski definition) is 2. The molecule has 0 amide bonds. The number of benzene rings is 1. The zero-order chi connectivity index (χ0) is 13.1. The van der Waals surface area contributed by atoms with Crippen LogP contribution in [0.4, 0.5) is 0 Å². The monoisotopic (exact) mass is 310 g/mol. The molecule has 2 atom stereocenters. The third-order valence-electron chi connectivity index (χ3n) is 3.98. The number of nitrogens with two attached hydrogens (primary N) is 1. The topological polar surface area (TPSA) is 29.3 Å². The average Bonchev–Trinajstić information content (AvgIpc) is 2.36. The van der Waals surface area contributed by atoms with Crippen LogP contribution in [-0.2, 0) is 6.54 Å². The summed E-state index contributed by atoms with van der Waals surface area (Å²) in [6.45, 7) is 7.47. The minimum atomic E-state index is 0.553. The summed E-state index contributed by atoms with van der Waals surface area (Å²) in [6, 6.07) is 7.19. The fourth-order valence-electron chi connectivity index (χ4n) is 2.79. The van der Waals surface area contributed by atoms with Gasteiger partial charge in [-0.2, -0.15) is 0 Å². The van der Waals surface area contributed by atoms with Gasteiger partial charge in [-0.05, 0) is 49.4 Å². The summed E-state index contributed by atoms with van der Waals surface area (Å²) in [4.78, 5) is 2.54. The van der Waals surface area contributed by atoms with Crippen molar-refractivity contribution in [2.45, 2.75) is 39.3 Å². The largest absolute Gasteiger partial charge is 0.329 e. The Hall–Kier alpha value is -0.380. The highest BCUT2D eigenvalue weighted by molar-refractivity contribution is 9.10. The van der Waals surface area contributed by atoms with Crippen LogP contribution in [0, 0.1) is 12.8 Å². The smallest absolute Gasteiger partial charge is 0.0237 e. The Morgan fingerprint density at radius 3 is 2.89 bits per heavy atom. The van der Waals surface area contributed by atoms with Crippen molar-refractivity contribution in [3.63, 3.8) is 0 Å². The van der Waals surface area contributed by atoms with E-state index in [-0.39, 0.29) is 0 Å². The zero-order valence-corrected chi connectivity index (χ0v) is 12.9. The first-order valence-electron chi connectivity index (χ1n) is 6.79. The number of nitrogens with zero attached hydrogens (tertiary/aromatic N) is 1. The molecule has 1 fully saturated rings. The lowest BCUT2D eigenvalue weighted by atomic mass is 9.92. The van der Waals surface area contributed by atoms with Crippen LogP contribution in [0.3, 0.4) is 0 Å². The average molecular weight is 311 g/mol. The highest BCUT2D eigenvalue weighted by Gasteiger charge is 2.25. The van der Waals surface area contributed by atoms with Crippen LogP contribution in [0.5, 0.6) is 0 Å². The molecule has 1 aliphatic heterocycles. The van der Waals surface area contributed by atoms with E-state index < -0.39 is 0 Å². The van der Waals surface area contributed by atoms with Crippen molar-refractivity contribution in [2.24, 2.45) is 11.7 Å². The number of aryl methyl sites for hydroxylation is 1. The lowest BCUT2D eigenvalue weighted by Gasteiger charge is -2.38. The summed E-state index contributed by atoms with van der Waals surface area (Å²) in [5.74, 6) is 0.821. The number of hydrogen-bond donors (Lipinski definition) is 1. The Morgan fingerprint density at radius 1 is 1.44 bits per heavy atom. The van der Waals surface area contributed by atoms with Crippen LogP contribution in [0.15, 0.2) is 22.7 Å². The van der Waals surface area contributed by atoms with Gasteiger partial charge >= 0.3 is 0 Å². The molecule has 2 N–H and O–H groups in total. The van der Waals surface area contributed by atoms with E-state index in [0.717, 1.165) is 19.0 Å². The molecule has 0 bridgehead atoms. The molecule has 3 heteroatoms. The molecule has 0 saturated carbocycles. The minimum absolute atomic E-state index is 0.553. The van der Waals surface area contributed by atoms with Gasteiger partial charge in [0.2, 0.25) is 0 Å². The maximum Gasteiger partial charge on any atom is 0.0237 e. The van der Waals surface area contributed by atoms with Gasteiger partial charge in [-0.3, -0.25) is 4.90 Å². The van der Waals surface area contributed by atoms with Crippen LogP contribution in [0.2, 0.25) is 0 Å². The zero-order valence-electron chi connectivity index (χ0n) is 11.3. The summed E-state index contributed by atoms with van der Waals surface area (Å²) >= 11 is 3.55. The van der Waals surface area contributed by atoms with Crippen LogP contribution >= 0.6 is 15.9 Å². The standard InChI is InChI=1S/C15H23BrN2/c1-11-5-6-18(14(7-11)9-17)10-13-3-4-15(16)12(2)8-13/h3-4,8,11,14H,5-7,9-10,17H2,1-2H3. The van der Waals surface area contributed by atoms with Gasteiger partial charge in [0.15, 0.2) is 0 Å². The summed E-state index contributed by atoms with van der Waals surface area (Å²) in [5, 5.41) is 0. The highest BCUT2D eigenvalue weighted by atomic mass is 79.9. The molecule has 0 aromatic heterocycles. The quantitative estimate of drug-likeness (QED) is 0.928. The van der Waals surface area contributed by atoms with Crippen molar-refractivity contribution in [1.29, 1.82) is 0 Å². The SMILES string of the molecule is Cc1cc(CN2CCC(C)CC2CN)ccc1Br. The van der Waals surface area contributed by atoms with Gasteiger partial charge < -0.3 is 5.73 Å². The predicted octanol–water partition coefficient (Wildman–Crippen LogP) is 3.32. The van der Waals surface area contributed by atoms with E-state index >= 15 is 0 Å². The van der Waals surface area contributed by atoms with Gasteiger partial charge in [-0.1, -0.05) is 35.0 Å². The Balaban J connectivity index is 2.05. The molecular formula is C15H23BrN2. The van der Waals surface area contributed by atoms with Gasteiger partial charge in [0.1, 0.15) is 0 Å². The van der Waals surface area contributed by atoms with E-state index in [1.54, 1.807) is 0 Å². The third kappa shape index (κ3) is 3.34. The first kappa shape index (κ1) is 14.0. The summed E-state index contributed by atoms with van der Waals surface area (Å²) in [5.41, 5.74) is 8.61. The van der Waals surface area contributed by atoms with E-state index in [2.05, 4.69) is 52.9 Å². The van der Waals surface area contributed by atoms with E-state index in [0.29, 0.717) is 6.04 Å². The summed E-state index contributed by atoms with van der Waals surface area (Å²) < 4.78 is 1.19. The maximum absolute atomic E-state index is 5.91. The number of likely N-dealkylation sites (tertiary alicyclic amines) is 1. The Bertz CT molecular complexity index is 405. The fourth-order valence-corrected chi connectivity index (χ4v) is 3.04. The van der Waals surface area contributed by atoms with E-state index in [9.17, 15) is 0 Å². The molecule has 1 aromatic rings. The molecular weight excluding hydrogens is 288 g/mol. The second-order valence-corrected chi connectivity index (χ2v) is 6.43. The van der Waals surface area contributed by atoms with Crippen LogP contribution < -0.4 is 5.73 Å². The van der Waals surface area contributed by atoms with Gasteiger partial charge in [-0.15, -0.1) is 0 Å². The van der Waals surface area contributed by atoms with Crippen LogP contribution in [0.25, 0.3) is 0 Å². The van der Waals surface area contributed by atoms with Crippen LogP contribution in [0.1, 0.15) is 30.9 Å². The molecule has 100 valence electrons. The normalized spacial score (nSPS) is 25.3. The molecule has 18 heavy (non-hydrogen) atoms. The first-order valence-corrected chi connectivity index (χ1v) is 7.58. The molecule has 0 radical (unpaired) electrons. The van der Waals surface area contributed by atoms with Crippen molar-refractivity contribution in [3.05, 3.63) is 33.8 Å². The summed E-state index contributed by atoms with van der Waals surface area (Å²) in [7, 11) is 0. The number of rotatable bonds is 3. The number of halogens is 1. The van der Waals surface area contributed by atoms with Gasteiger partial charge in [-0.25, -0.2) is 0 Å². The minimum Gasteiger partial charge on any atom is -0.329 e. The lowest BCUT2D eigenvalue weighted by Crippen LogP contribution is -2.45. The van der Waals surface area contributed by atoms with E-state index in [4.69, 9.17) is 5.73 Å². The molecule has 1 saturated heterocycles. The number of piperidine rings is 1. The van der Waals surface area contributed by atoms with Crippen LogP contribution in [-0.4, -0.2) is 24.0 Å². The molecule has 1 aliphatic rings. The van der Waals surface area contributed by atoms with Gasteiger partial charge in [0.25, 0.3) is 0 Å².